The lowest BCUT2D eigenvalue weighted by Gasteiger charge is -2.28. The first kappa shape index (κ1) is 21.8. The third kappa shape index (κ3) is 4.91. The molecule has 0 bridgehead atoms. The maximum absolute atomic E-state index is 9.30. The van der Waals surface area contributed by atoms with Crippen molar-refractivity contribution in [1.82, 2.24) is 19.7 Å². The van der Waals surface area contributed by atoms with E-state index in [0.717, 1.165) is 54.9 Å². The van der Waals surface area contributed by atoms with Crippen LogP contribution in [0.2, 0.25) is 0 Å². The van der Waals surface area contributed by atoms with Crippen molar-refractivity contribution >= 4 is 5.82 Å². The molecular weight excluding hydrogens is 400 g/mol. The maximum atomic E-state index is 9.30. The van der Waals surface area contributed by atoms with Crippen LogP contribution < -0.4 is 10.1 Å². The van der Waals surface area contributed by atoms with Gasteiger partial charge in [0, 0.05) is 42.2 Å². The summed E-state index contributed by atoms with van der Waals surface area (Å²) in [7, 11) is 1.57. The smallest absolute Gasteiger partial charge is 0.182 e. The number of hydrogen-bond acceptors (Lipinski definition) is 6. The van der Waals surface area contributed by atoms with E-state index in [2.05, 4.69) is 52.6 Å². The van der Waals surface area contributed by atoms with Crippen molar-refractivity contribution < 1.29 is 4.74 Å². The molecule has 4 rings (SSSR count). The Bertz CT molecular complexity index is 1090. The van der Waals surface area contributed by atoms with Crippen molar-refractivity contribution in [3.8, 4) is 22.9 Å². The Balaban J connectivity index is 1.32. The van der Waals surface area contributed by atoms with Gasteiger partial charge in [-0.05, 0) is 75.3 Å². The van der Waals surface area contributed by atoms with Gasteiger partial charge in [0.15, 0.2) is 11.4 Å². The topological polar surface area (TPSA) is 88.7 Å². The molecule has 0 spiro atoms. The standard InChI is InChI=1S/C25H30N6O/c1-17(2)31-16-21(15-29-31)20-10-11-27-25(12-20)28-14-18-4-6-19(7-5-18)22-8-9-24(32-3)23(13-26)30-22/h8-12,15-19H,4-7,14H2,1-3H3,(H,27,28)/t18-,19-. The molecule has 3 heterocycles. The van der Waals surface area contributed by atoms with E-state index in [1.165, 1.54) is 0 Å². The van der Waals surface area contributed by atoms with E-state index >= 15 is 0 Å². The zero-order valence-corrected chi connectivity index (χ0v) is 19.0. The van der Waals surface area contributed by atoms with E-state index in [4.69, 9.17) is 4.74 Å². The molecule has 0 unspecified atom stereocenters. The van der Waals surface area contributed by atoms with Gasteiger partial charge >= 0.3 is 0 Å². The van der Waals surface area contributed by atoms with E-state index in [9.17, 15) is 5.26 Å². The van der Waals surface area contributed by atoms with Crippen LogP contribution in [-0.2, 0) is 0 Å². The summed E-state index contributed by atoms with van der Waals surface area (Å²) in [4.78, 5) is 9.04. The first-order chi connectivity index (χ1) is 15.6. The summed E-state index contributed by atoms with van der Waals surface area (Å²) >= 11 is 0. The van der Waals surface area contributed by atoms with Crippen LogP contribution in [0.4, 0.5) is 5.82 Å². The van der Waals surface area contributed by atoms with Gasteiger partial charge < -0.3 is 10.1 Å². The van der Waals surface area contributed by atoms with Crippen molar-refractivity contribution in [3.63, 3.8) is 0 Å². The molecule has 7 heteroatoms. The Morgan fingerprint density at radius 1 is 1.19 bits per heavy atom. The molecule has 3 aromatic heterocycles. The molecule has 32 heavy (non-hydrogen) atoms. The van der Waals surface area contributed by atoms with Crippen molar-refractivity contribution in [1.29, 1.82) is 5.26 Å². The summed E-state index contributed by atoms with van der Waals surface area (Å²) in [5, 5.41) is 17.3. The minimum Gasteiger partial charge on any atom is -0.494 e. The number of nitrogens with one attached hydrogen (secondary N) is 1. The fourth-order valence-corrected chi connectivity index (χ4v) is 4.32. The molecule has 3 aromatic rings. The Morgan fingerprint density at radius 2 is 2.00 bits per heavy atom. The van der Waals surface area contributed by atoms with Crippen molar-refractivity contribution in [2.75, 3.05) is 19.0 Å². The van der Waals surface area contributed by atoms with Crippen molar-refractivity contribution in [2.45, 2.75) is 51.5 Å². The first-order valence-electron chi connectivity index (χ1n) is 11.3. The molecule has 1 N–H and O–H groups in total. The Kier molecular flexibility index (Phi) is 6.69. The SMILES string of the molecule is COc1ccc([C@H]2CC[C@H](CNc3cc(-c4cnn(C(C)C)c4)ccn3)CC2)nc1C#N. The van der Waals surface area contributed by atoms with Crippen LogP contribution in [0.15, 0.2) is 42.9 Å². The highest BCUT2D eigenvalue weighted by Gasteiger charge is 2.24. The average molecular weight is 431 g/mol. The molecule has 0 saturated heterocycles. The third-order valence-electron chi connectivity index (χ3n) is 6.27. The van der Waals surface area contributed by atoms with Crippen LogP contribution in [0.1, 0.15) is 62.9 Å². The molecule has 1 fully saturated rings. The highest BCUT2D eigenvalue weighted by atomic mass is 16.5. The molecule has 0 atom stereocenters. The monoisotopic (exact) mass is 430 g/mol. The lowest BCUT2D eigenvalue weighted by molar-refractivity contribution is 0.334. The van der Waals surface area contributed by atoms with Crippen molar-refractivity contribution in [3.05, 3.63) is 54.2 Å². The number of anilines is 1. The summed E-state index contributed by atoms with van der Waals surface area (Å²) in [6.07, 6.45) is 10.3. The molecule has 1 aliphatic rings. The van der Waals surface area contributed by atoms with Crippen LogP contribution in [0.3, 0.4) is 0 Å². The number of nitriles is 1. The van der Waals surface area contributed by atoms with Crippen LogP contribution in [0.5, 0.6) is 5.75 Å². The van der Waals surface area contributed by atoms with Gasteiger partial charge in [0.25, 0.3) is 0 Å². The van der Waals surface area contributed by atoms with Crippen LogP contribution in [0.25, 0.3) is 11.1 Å². The van der Waals surface area contributed by atoms with Crippen molar-refractivity contribution in [2.24, 2.45) is 5.92 Å². The fraction of sp³-hybridized carbons (Fsp3) is 0.440. The minimum atomic E-state index is 0.345. The number of rotatable bonds is 7. The van der Waals surface area contributed by atoms with E-state index in [0.29, 0.717) is 29.3 Å². The molecule has 1 aliphatic carbocycles. The zero-order valence-electron chi connectivity index (χ0n) is 19.0. The summed E-state index contributed by atoms with van der Waals surface area (Å²) in [5.41, 5.74) is 3.61. The largest absolute Gasteiger partial charge is 0.494 e. The maximum Gasteiger partial charge on any atom is 0.182 e. The summed E-state index contributed by atoms with van der Waals surface area (Å²) in [6, 6.07) is 10.5. The van der Waals surface area contributed by atoms with Gasteiger partial charge in [-0.1, -0.05) is 0 Å². The second-order valence-corrected chi connectivity index (χ2v) is 8.73. The van der Waals surface area contributed by atoms with Crippen LogP contribution in [-0.4, -0.2) is 33.4 Å². The highest BCUT2D eigenvalue weighted by molar-refractivity contribution is 5.64. The van der Waals surface area contributed by atoms with Gasteiger partial charge in [0.1, 0.15) is 11.9 Å². The second kappa shape index (κ2) is 9.82. The first-order valence-corrected chi connectivity index (χ1v) is 11.3. The van der Waals surface area contributed by atoms with Gasteiger partial charge in [0.2, 0.25) is 0 Å². The fourth-order valence-electron chi connectivity index (χ4n) is 4.32. The molecule has 166 valence electrons. The van der Waals surface area contributed by atoms with E-state index < -0.39 is 0 Å². The normalized spacial score (nSPS) is 18.3. The second-order valence-electron chi connectivity index (χ2n) is 8.73. The number of hydrogen-bond donors (Lipinski definition) is 1. The van der Waals surface area contributed by atoms with Gasteiger partial charge in [-0.2, -0.15) is 10.4 Å². The Morgan fingerprint density at radius 3 is 2.69 bits per heavy atom. The van der Waals surface area contributed by atoms with E-state index in [1.807, 2.05) is 35.3 Å². The molecule has 0 radical (unpaired) electrons. The molecule has 0 amide bonds. The summed E-state index contributed by atoms with van der Waals surface area (Å²) in [6.45, 7) is 5.16. The lowest BCUT2D eigenvalue weighted by Crippen LogP contribution is -2.21. The van der Waals surface area contributed by atoms with Crippen LogP contribution >= 0.6 is 0 Å². The van der Waals surface area contributed by atoms with E-state index in [1.54, 1.807) is 7.11 Å². The predicted octanol–water partition coefficient (Wildman–Crippen LogP) is 5.19. The van der Waals surface area contributed by atoms with Gasteiger partial charge in [-0.25, -0.2) is 9.97 Å². The predicted molar refractivity (Wildman–Crippen MR) is 125 cm³/mol. The molecule has 0 aromatic carbocycles. The minimum absolute atomic E-state index is 0.345. The zero-order chi connectivity index (χ0) is 22.5. The molecule has 1 saturated carbocycles. The molecule has 7 nitrogen and oxygen atoms in total. The number of methoxy groups -OCH3 is 1. The van der Waals surface area contributed by atoms with Crippen LogP contribution in [0, 0.1) is 17.2 Å². The third-order valence-corrected chi connectivity index (χ3v) is 6.27. The highest BCUT2D eigenvalue weighted by Crippen LogP contribution is 2.36. The van der Waals surface area contributed by atoms with Gasteiger partial charge in [-0.3, -0.25) is 4.68 Å². The number of pyridine rings is 2. The Labute approximate surface area is 189 Å². The Hall–Kier alpha value is -3.40. The quantitative estimate of drug-likeness (QED) is 0.555. The number of aromatic nitrogens is 4. The number of ether oxygens (including phenoxy) is 1. The lowest BCUT2D eigenvalue weighted by atomic mass is 9.80. The number of nitrogens with zero attached hydrogens (tertiary/aromatic N) is 5. The molecular formula is C25H30N6O. The summed E-state index contributed by atoms with van der Waals surface area (Å²) in [5.74, 6) is 2.45. The molecule has 0 aliphatic heterocycles. The van der Waals surface area contributed by atoms with Gasteiger partial charge in [0.05, 0.1) is 13.3 Å². The average Bonchev–Trinajstić information content (AvgIpc) is 3.34. The summed E-state index contributed by atoms with van der Waals surface area (Å²) < 4.78 is 7.18. The van der Waals surface area contributed by atoms with E-state index in [-0.39, 0.29) is 0 Å². The van der Waals surface area contributed by atoms with Gasteiger partial charge in [-0.15, -0.1) is 0 Å².